The van der Waals surface area contributed by atoms with Gasteiger partial charge in [0.1, 0.15) is 0 Å². The highest BCUT2D eigenvalue weighted by Gasteiger charge is 2.20. The summed E-state index contributed by atoms with van der Waals surface area (Å²) in [6.45, 7) is 7.56. The number of carbonyl (C=O) groups excluding carboxylic acids is 1. The van der Waals surface area contributed by atoms with Crippen LogP contribution in [-0.4, -0.2) is 37.1 Å². The summed E-state index contributed by atoms with van der Waals surface area (Å²) in [5.41, 5.74) is 5.47. The van der Waals surface area contributed by atoms with Crippen LogP contribution in [0.3, 0.4) is 0 Å². The van der Waals surface area contributed by atoms with Gasteiger partial charge in [-0.25, -0.2) is 4.79 Å². The van der Waals surface area contributed by atoms with Crippen LogP contribution in [0.25, 0.3) is 0 Å². The van der Waals surface area contributed by atoms with E-state index in [-0.39, 0.29) is 6.03 Å². The van der Waals surface area contributed by atoms with Gasteiger partial charge in [0.15, 0.2) is 0 Å². The van der Waals surface area contributed by atoms with Crippen molar-refractivity contribution in [2.45, 2.75) is 33.1 Å². The van der Waals surface area contributed by atoms with Gasteiger partial charge < -0.3 is 16.0 Å². The Hall–Kier alpha value is -0.770. The molecule has 94 valence electrons. The first-order chi connectivity index (χ1) is 7.63. The van der Waals surface area contributed by atoms with E-state index in [1.807, 2.05) is 4.90 Å². The van der Waals surface area contributed by atoms with Crippen molar-refractivity contribution in [3.05, 3.63) is 0 Å². The lowest BCUT2D eigenvalue weighted by Gasteiger charge is -2.31. The minimum absolute atomic E-state index is 0.0930. The lowest BCUT2D eigenvalue weighted by molar-refractivity contribution is 0.168. The summed E-state index contributed by atoms with van der Waals surface area (Å²) in [6.07, 6.45) is 3.34. The molecule has 1 fully saturated rings. The molecule has 0 radical (unpaired) electrons. The second kappa shape index (κ2) is 6.74. The SMILES string of the molecule is CC(CCN)CNC(=O)N1CCCC(C)C1. The molecule has 0 bridgehead atoms. The molecule has 2 unspecified atom stereocenters. The van der Waals surface area contributed by atoms with E-state index in [1.54, 1.807) is 0 Å². The zero-order valence-electron chi connectivity index (χ0n) is 10.5. The van der Waals surface area contributed by atoms with Crippen molar-refractivity contribution in [1.29, 1.82) is 0 Å². The van der Waals surface area contributed by atoms with Crippen molar-refractivity contribution in [3.63, 3.8) is 0 Å². The number of hydrogen-bond acceptors (Lipinski definition) is 2. The molecule has 1 heterocycles. The van der Waals surface area contributed by atoms with Crippen molar-refractivity contribution in [2.75, 3.05) is 26.2 Å². The van der Waals surface area contributed by atoms with Gasteiger partial charge >= 0.3 is 6.03 Å². The van der Waals surface area contributed by atoms with E-state index in [4.69, 9.17) is 5.73 Å². The monoisotopic (exact) mass is 227 g/mol. The van der Waals surface area contributed by atoms with Crippen molar-refractivity contribution >= 4 is 6.03 Å². The first-order valence-corrected chi connectivity index (χ1v) is 6.36. The second-order valence-corrected chi connectivity index (χ2v) is 5.06. The lowest BCUT2D eigenvalue weighted by Crippen LogP contribution is -2.46. The maximum atomic E-state index is 11.8. The van der Waals surface area contributed by atoms with E-state index in [9.17, 15) is 4.79 Å². The summed E-state index contributed by atoms with van der Waals surface area (Å²) in [7, 11) is 0. The maximum Gasteiger partial charge on any atom is 0.317 e. The van der Waals surface area contributed by atoms with Gasteiger partial charge in [-0.15, -0.1) is 0 Å². The van der Waals surface area contributed by atoms with E-state index < -0.39 is 0 Å². The summed E-state index contributed by atoms with van der Waals surface area (Å²) in [4.78, 5) is 13.8. The van der Waals surface area contributed by atoms with Gasteiger partial charge in [-0.1, -0.05) is 13.8 Å². The van der Waals surface area contributed by atoms with Gasteiger partial charge in [-0.05, 0) is 37.6 Å². The quantitative estimate of drug-likeness (QED) is 0.763. The fourth-order valence-electron chi connectivity index (χ4n) is 2.13. The minimum Gasteiger partial charge on any atom is -0.338 e. The lowest BCUT2D eigenvalue weighted by atomic mass is 10.0. The highest BCUT2D eigenvalue weighted by molar-refractivity contribution is 5.74. The Morgan fingerprint density at radius 1 is 1.62 bits per heavy atom. The Kier molecular flexibility index (Phi) is 5.60. The zero-order chi connectivity index (χ0) is 12.0. The largest absolute Gasteiger partial charge is 0.338 e. The summed E-state index contributed by atoms with van der Waals surface area (Å²) in [5.74, 6) is 1.11. The molecule has 1 saturated heterocycles. The molecule has 4 nitrogen and oxygen atoms in total. The van der Waals surface area contributed by atoms with Gasteiger partial charge in [0.05, 0.1) is 0 Å². The molecule has 4 heteroatoms. The molecule has 1 aliphatic heterocycles. The molecule has 0 saturated carbocycles. The first kappa shape index (κ1) is 13.3. The summed E-state index contributed by atoms with van der Waals surface area (Å²) in [5, 5.41) is 2.99. The molecule has 0 aliphatic carbocycles. The molecule has 0 aromatic carbocycles. The van der Waals surface area contributed by atoms with Crippen molar-refractivity contribution in [3.8, 4) is 0 Å². The highest BCUT2D eigenvalue weighted by Crippen LogP contribution is 2.15. The van der Waals surface area contributed by atoms with E-state index in [2.05, 4.69) is 19.2 Å². The number of rotatable bonds is 4. The van der Waals surface area contributed by atoms with Crippen LogP contribution in [-0.2, 0) is 0 Å². The van der Waals surface area contributed by atoms with Crippen molar-refractivity contribution < 1.29 is 4.79 Å². The Balaban J connectivity index is 2.23. The molecule has 2 amide bonds. The predicted octanol–water partition coefficient (Wildman–Crippen LogP) is 1.41. The molecule has 16 heavy (non-hydrogen) atoms. The number of nitrogens with two attached hydrogens (primary N) is 1. The number of amides is 2. The second-order valence-electron chi connectivity index (χ2n) is 5.06. The molecular formula is C12H25N3O. The number of nitrogens with one attached hydrogen (secondary N) is 1. The number of piperidine rings is 1. The maximum absolute atomic E-state index is 11.8. The Morgan fingerprint density at radius 2 is 2.38 bits per heavy atom. The molecule has 3 N–H and O–H groups in total. The number of likely N-dealkylation sites (tertiary alicyclic amines) is 1. The molecular weight excluding hydrogens is 202 g/mol. The summed E-state index contributed by atoms with van der Waals surface area (Å²) < 4.78 is 0. The van der Waals surface area contributed by atoms with Crippen LogP contribution < -0.4 is 11.1 Å². The Morgan fingerprint density at radius 3 is 3.00 bits per heavy atom. The molecule has 1 aliphatic rings. The molecule has 2 atom stereocenters. The number of urea groups is 1. The van der Waals surface area contributed by atoms with E-state index in [1.165, 1.54) is 6.42 Å². The van der Waals surface area contributed by atoms with Gasteiger partial charge in [-0.2, -0.15) is 0 Å². The van der Waals surface area contributed by atoms with Crippen molar-refractivity contribution in [2.24, 2.45) is 17.6 Å². The van der Waals surface area contributed by atoms with Crippen molar-refractivity contribution in [1.82, 2.24) is 10.2 Å². The fourth-order valence-corrected chi connectivity index (χ4v) is 2.13. The molecule has 1 rings (SSSR count). The smallest absolute Gasteiger partial charge is 0.317 e. The molecule has 0 aromatic rings. The normalized spacial score (nSPS) is 22.9. The van der Waals surface area contributed by atoms with Gasteiger partial charge in [0.25, 0.3) is 0 Å². The first-order valence-electron chi connectivity index (χ1n) is 6.36. The summed E-state index contributed by atoms with van der Waals surface area (Å²) in [6, 6.07) is 0.0930. The Labute approximate surface area is 98.6 Å². The van der Waals surface area contributed by atoms with Gasteiger partial charge in [0, 0.05) is 19.6 Å². The van der Waals surface area contributed by atoms with E-state index in [0.717, 1.165) is 32.5 Å². The minimum atomic E-state index is 0.0930. The van der Waals surface area contributed by atoms with Crippen LogP contribution in [0.15, 0.2) is 0 Å². The van der Waals surface area contributed by atoms with Crippen LogP contribution in [0.5, 0.6) is 0 Å². The third-order valence-corrected chi connectivity index (χ3v) is 3.21. The average molecular weight is 227 g/mol. The number of hydrogen-bond donors (Lipinski definition) is 2. The Bertz CT molecular complexity index is 220. The number of nitrogens with zero attached hydrogens (tertiary/aromatic N) is 1. The van der Waals surface area contributed by atoms with Crippen LogP contribution in [0.1, 0.15) is 33.1 Å². The van der Waals surface area contributed by atoms with E-state index >= 15 is 0 Å². The number of carbonyl (C=O) groups is 1. The summed E-state index contributed by atoms with van der Waals surface area (Å²) >= 11 is 0. The van der Waals surface area contributed by atoms with Crippen LogP contribution in [0, 0.1) is 11.8 Å². The predicted molar refractivity (Wildman–Crippen MR) is 66.2 cm³/mol. The van der Waals surface area contributed by atoms with Gasteiger partial charge in [-0.3, -0.25) is 0 Å². The topological polar surface area (TPSA) is 58.4 Å². The van der Waals surface area contributed by atoms with Crippen LogP contribution in [0.4, 0.5) is 4.79 Å². The standard InChI is InChI=1S/C12H25N3O/c1-10(5-6-13)8-14-12(16)15-7-3-4-11(2)9-15/h10-11H,3-9,13H2,1-2H3,(H,14,16). The third kappa shape index (κ3) is 4.39. The van der Waals surface area contributed by atoms with Gasteiger partial charge in [0.2, 0.25) is 0 Å². The van der Waals surface area contributed by atoms with E-state index in [0.29, 0.717) is 18.4 Å². The zero-order valence-corrected chi connectivity index (χ0v) is 10.5. The molecule has 0 aromatic heterocycles. The van der Waals surface area contributed by atoms with Crippen LogP contribution in [0.2, 0.25) is 0 Å². The third-order valence-electron chi connectivity index (χ3n) is 3.21. The average Bonchev–Trinajstić information content (AvgIpc) is 2.26. The molecule has 0 spiro atoms. The highest BCUT2D eigenvalue weighted by atomic mass is 16.2. The van der Waals surface area contributed by atoms with Crippen LogP contribution >= 0.6 is 0 Å². The fraction of sp³-hybridized carbons (Fsp3) is 0.917.